The Kier molecular flexibility index (Phi) is 6.63. The molecule has 0 aromatic heterocycles. The van der Waals surface area contributed by atoms with Crippen LogP contribution in [0.1, 0.15) is 105 Å². The molecule has 0 saturated carbocycles. The minimum Gasteiger partial charge on any atom is -0.0722 e. The maximum Gasteiger partial charge on any atom is 0.0415 e. The molecule has 2 aliphatic carbocycles. The lowest BCUT2D eigenvalue weighted by atomic mass is 9.55. The van der Waals surface area contributed by atoms with E-state index in [1.165, 1.54) is 61.2 Å². The van der Waals surface area contributed by atoms with Crippen LogP contribution < -0.4 is 0 Å². The summed E-state index contributed by atoms with van der Waals surface area (Å²) in [5, 5.41) is 0. The molecule has 0 N–H and O–H groups in total. The van der Waals surface area contributed by atoms with Crippen LogP contribution in [0.25, 0.3) is 16.7 Å². The fraction of sp³-hybridized carbons (Fsp3) is 0.273. The van der Waals surface area contributed by atoms with Gasteiger partial charge in [-0.1, -0.05) is 169 Å². The second kappa shape index (κ2) is 10.2. The number of allylic oxidation sites excluding steroid dienone is 2. The maximum atomic E-state index is 2.57. The zero-order valence-electron chi connectivity index (χ0n) is 27.3. The third-order valence-electron chi connectivity index (χ3n) is 10.3. The molecule has 5 aromatic rings. The molecule has 0 heterocycles. The van der Waals surface area contributed by atoms with Gasteiger partial charge in [0.05, 0.1) is 0 Å². The first-order chi connectivity index (χ1) is 21.0. The summed E-state index contributed by atoms with van der Waals surface area (Å²) < 4.78 is 0. The monoisotopic (exact) mass is 572 g/mol. The summed E-state index contributed by atoms with van der Waals surface area (Å²) in [7, 11) is 0. The maximum absolute atomic E-state index is 2.57. The lowest BCUT2D eigenvalue weighted by Gasteiger charge is -2.46. The Balaban J connectivity index is 1.66. The smallest absolute Gasteiger partial charge is 0.0415 e. The fourth-order valence-corrected chi connectivity index (χ4v) is 8.08. The second-order valence-electron chi connectivity index (χ2n) is 15.1. The highest BCUT2D eigenvalue weighted by Gasteiger charge is 2.54. The molecule has 1 unspecified atom stereocenters. The van der Waals surface area contributed by atoms with Gasteiger partial charge in [-0.05, 0) is 79.0 Å². The summed E-state index contributed by atoms with van der Waals surface area (Å²) in [5.74, 6) is 0.269. The van der Waals surface area contributed by atoms with E-state index >= 15 is 0 Å². The van der Waals surface area contributed by atoms with Crippen LogP contribution in [0.3, 0.4) is 0 Å². The van der Waals surface area contributed by atoms with Crippen LogP contribution in [-0.4, -0.2) is 0 Å². The van der Waals surface area contributed by atoms with Gasteiger partial charge in [0, 0.05) is 17.3 Å². The Morgan fingerprint density at radius 3 is 1.36 bits per heavy atom. The topological polar surface area (TPSA) is 0 Å². The van der Waals surface area contributed by atoms with Crippen molar-refractivity contribution in [3.8, 4) is 11.1 Å². The lowest BCUT2D eigenvalue weighted by molar-refractivity contribution is 0.415. The standard InChI is InChI=1S/C44H44/c1-29-26-40(37-21-15-14-20-34(29)37)44(30-16-10-8-11-17-30,31-18-12-9-13-19-31)41-38-27-32(42(2,3)4)22-24-35(38)36-25-23-33(28-39(36)41)43(5,6)7/h8-28,40-41H,1-7H3. The third kappa shape index (κ3) is 4.34. The van der Waals surface area contributed by atoms with Crippen molar-refractivity contribution in [3.63, 3.8) is 0 Å². The lowest BCUT2D eigenvalue weighted by Crippen LogP contribution is -2.40. The van der Waals surface area contributed by atoms with E-state index in [0.29, 0.717) is 0 Å². The van der Waals surface area contributed by atoms with E-state index in [9.17, 15) is 0 Å². The van der Waals surface area contributed by atoms with Gasteiger partial charge >= 0.3 is 0 Å². The summed E-state index contributed by atoms with van der Waals surface area (Å²) in [5.41, 5.74) is 15.0. The van der Waals surface area contributed by atoms with Gasteiger partial charge in [0.25, 0.3) is 0 Å². The van der Waals surface area contributed by atoms with Gasteiger partial charge in [-0.15, -0.1) is 0 Å². The predicted octanol–water partition coefficient (Wildman–Crippen LogP) is 11.6. The van der Waals surface area contributed by atoms with Crippen LogP contribution in [0.2, 0.25) is 0 Å². The molecule has 5 aromatic carbocycles. The van der Waals surface area contributed by atoms with Gasteiger partial charge in [0.2, 0.25) is 0 Å². The predicted molar refractivity (Wildman–Crippen MR) is 188 cm³/mol. The van der Waals surface area contributed by atoms with Crippen molar-refractivity contribution in [2.45, 2.75) is 76.5 Å². The van der Waals surface area contributed by atoms with E-state index in [-0.39, 0.29) is 28.1 Å². The molecule has 1 atom stereocenters. The Morgan fingerprint density at radius 2 is 0.886 bits per heavy atom. The molecule has 0 spiro atoms. The van der Waals surface area contributed by atoms with Crippen molar-refractivity contribution in [2.24, 2.45) is 0 Å². The Morgan fingerprint density at radius 1 is 0.432 bits per heavy atom. The SMILES string of the molecule is CC1=CC(C(c2ccccc2)(c2ccccc2)C2c3cc(C(C)(C)C)ccc3-c3ccc(C(C)(C)C)cc32)c2ccccc21. The summed E-state index contributed by atoms with van der Waals surface area (Å²) in [6, 6.07) is 46.6. The first kappa shape index (κ1) is 28.6. The number of rotatable bonds is 4. The first-order valence-corrected chi connectivity index (χ1v) is 16.2. The number of hydrogen-bond donors (Lipinski definition) is 0. The Hall–Kier alpha value is -4.16. The van der Waals surface area contributed by atoms with Gasteiger partial charge in [0.1, 0.15) is 0 Å². The zero-order valence-corrected chi connectivity index (χ0v) is 27.3. The largest absolute Gasteiger partial charge is 0.0722 e. The highest BCUT2D eigenvalue weighted by Crippen LogP contribution is 2.64. The van der Waals surface area contributed by atoms with Gasteiger partial charge in [-0.25, -0.2) is 0 Å². The fourth-order valence-electron chi connectivity index (χ4n) is 8.08. The van der Waals surface area contributed by atoms with Crippen LogP contribution in [0.5, 0.6) is 0 Å². The molecule has 0 bridgehead atoms. The van der Waals surface area contributed by atoms with Crippen molar-refractivity contribution < 1.29 is 0 Å². The molecular weight excluding hydrogens is 528 g/mol. The van der Waals surface area contributed by atoms with E-state index in [1.807, 2.05) is 0 Å². The molecule has 0 saturated heterocycles. The number of hydrogen-bond acceptors (Lipinski definition) is 0. The molecule has 0 radical (unpaired) electrons. The van der Waals surface area contributed by atoms with E-state index in [1.54, 1.807) is 0 Å². The minimum atomic E-state index is -0.386. The number of benzene rings is 5. The molecule has 220 valence electrons. The highest BCUT2D eigenvalue weighted by atomic mass is 14.6. The average molecular weight is 573 g/mol. The van der Waals surface area contributed by atoms with Gasteiger partial charge in [-0.2, -0.15) is 0 Å². The second-order valence-corrected chi connectivity index (χ2v) is 15.1. The van der Waals surface area contributed by atoms with Crippen LogP contribution in [0.4, 0.5) is 0 Å². The summed E-state index contributed by atoms with van der Waals surface area (Å²) >= 11 is 0. The Bertz CT molecular complexity index is 1770. The minimum absolute atomic E-state index is 0.0452. The molecule has 0 amide bonds. The molecule has 44 heavy (non-hydrogen) atoms. The molecule has 7 rings (SSSR count). The molecule has 0 heteroatoms. The van der Waals surface area contributed by atoms with E-state index in [4.69, 9.17) is 0 Å². The highest BCUT2D eigenvalue weighted by molar-refractivity contribution is 5.83. The van der Waals surface area contributed by atoms with Crippen molar-refractivity contribution in [1.29, 1.82) is 0 Å². The molecule has 0 nitrogen and oxygen atoms in total. The third-order valence-corrected chi connectivity index (χ3v) is 10.3. The van der Waals surface area contributed by atoms with E-state index in [2.05, 4.69) is 176 Å². The molecule has 0 aliphatic heterocycles. The van der Waals surface area contributed by atoms with Gasteiger partial charge < -0.3 is 0 Å². The summed E-state index contributed by atoms with van der Waals surface area (Å²) in [4.78, 5) is 0. The average Bonchev–Trinajstić information content (AvgIpc) is 3.53. The first-order valence-electron chi connectivity index (χ1n) is 16.2. The van der Waals surface area contributed by atoms with Gasteiger partial charge in [-0.3, -0.25) is 0 Å². The molecule has 2 aliphatic rings. The molecule has 0 fully saturated rings. The summed E-state index contributed by atoms with van der Waals surface area (Å²) in [6.07, 6.45) is 2.57. The quantitative estimate of drug-likeness (QED) is 0.201. The van der Waals surface area contributed by atoms with E-state index < -0.39 is 0 Å². The van der Waals surface area contributed by atoms with Crippen molar-refractivity contribution >= 4 is 5.57 Å². The van der Waals surface area contributed by atoms with Crippen LogP contribution in [-0.2, 0) is 16.2 Å². The number of fused-ring (bicyclic) bond motifs is 4. The van der Waals surface area contributed by atoms with E-state index in [0.717, 1.165) is 0 Å². The molecular formula is C44H44. The van der Waals surface area contributed by atoms with Crippen molar-refractivity contribution in [3.05, 3.63) is 172 Å². The Labute approximate surface area is 264 Å². The van der Waals surface area contributed by atoms with Crippen LogP contribution >= 0.6 is 0 Å². The van der Waals surface area contributed by atoms with Crippen molar-refractivity contribution in [1.82, 2.24) is 0 Å². The van der Waals surface area contributed by atoms with Crippen molar-refractivity contribution in [2.75, 3.05) is 0 Å². The van der Waals surface area contributed by atoms with Crippen LogP contribution in [0.15, 0.2) is 127 Å². The van der Waals surface area contributed by atoms with Crippen LogP contribution in [0, 0.1) is 0 Å². The zero-order chi connectivity index (χ0) is 30.9. The van der Waals surface area contributed by atoms with Gasteiger partial charge in [0.15, 0.2) is 0 Å². The normalized spacial score (nSPS) is 16.3. The summed E-state index contributed by atoms with van der Waals surface area (Å²) in [6.45, 7) is 16.3.